The van der Waals surface area contributed by atoms with Crippen molar-refractivity contribution in [1.29, 1.82) is 0 Å². The number of hydrogen-bond donors (Lipinski definition) is 2. The highest BCUT2D eigenvalue weighted by Crippen LogP contribution is 2.36. The molecule has 1 aliphatic heterocycles. The average molecular weight is 466 g/mol. The number of halogens is 1. The minimum atomic E-state index is -0.153. The second-order valence-corrected chi connectivity index (χ2v) is 8.72. The normalized spacial score (nSPS) is 16.0. The van der Waals surface area contributed by atoms with Crippen molar-refractivity contribution < 1.29 is 4.79 Å². The van der Waals surface area contributed by atoms with Crippen LogP contribution in [0.2, 0.25) is 5.02 Å². The molecule has 0 aliphatic carbocycles. The summed E-state index contributed by atoms with van der Waals surface area (Å²) in [7, 11) is 0. The third-order valence-corrected chi connectivity index (χ3v) is 5.99. The number of aryl methyl sites for hydroxylation is 2. The van der Waals surface area contributed by atoms with Crippen molar-refractivity contribution in [3.8, 4) is 11.1 Å². The maximum absolute atomic E-state index is 13.2. The molecule has 0 saturated carbocycles. The molecule has 1 amide bonds. The number of likely N-dealkylation sites (tertiary alicyclic amines) is 1. The van der Waals surface area contributed by atoms with Crippen molar-refractivity contribution in [2.45, 2.75) is 45.6 Å². The van der Waals surface area contributed by atoms with Crippen LogP contribution in [0.15, 0.2) is 36.5 Å². The highest BCUT2D eigenvalue weighted by Gasteiger charge is 2.31. The number of nitrogen functional groups attached to an aromatic ring is 1. The third-order valence-electron chi connectivity index (χ3n) is 5.74. The summed E-state index contributed by atoms with van der Waals surface area (Å²) < 4.78 is 0. The Morgan fingerprint density at radius 3 is 2.61 bits per heavy atom. The Morgan fingerprint density at radius 2 is 1.88 bits per heavy atom. The Kier molecular flexibility index (Phi) is 7.03. The van der Waals surface area contributed by atoms with Crippen LogP contribution in [0.3, 0.4) is 0 Å². The van der Waals surface area contributed by atoms with Gasteiger partial charge >= 0.3 is 0 Å². The van der Waals surface area contributed by atoms with Gasteiger partial charge in [-0.3, -0.25) is 4.79 Å². The van der Waals surface area contributed by atoms with Crippen molar-refractivity contribution in [3.63, 3.8) is 0 Å². The van der Waals surface area contributed by atoms with Crippen LogP contribution < -0.4 is 11.1 Å². The fourth-order valence-electron chi connectivity index (χ4n) is 4.26. The number of anilines is 2. The van der Waals surface area contributed by atoms with E-state index < -0.39 is 0 Å². The van der Waals surface area contributed by atoms with Crippen LogP contribution in [0.4, 0.5) is 11.9 Å². The molecule has 3 N–H and O–H groups in total. The third kappa shape index (κ3) is 5.57. The predicted octanol–water partition coefficient (Wildman–Crippen LogP) is 4.34. The van der Waals surface area contributed by atoms with Gasteiger partial charge in [-0.2, -0.15) is 0 Å². The van der Waals surface area contributed by atoms with Crippen molar-refractivity contribution in [1.82, 2.24) is 24.8 Å². The molecule has 1 aromatic carbocycles. The number of aromatic nitrogens is 4. The van der Waals surface area contributed by atoms with E-state index in [1.807, 2.05) is 49.1 Å². The highest BCUT2D eigenvalue weighted by atomic mass is 35.5. The van der Waals surface area contributed by atoms with E-state index in [-0.39, 0.29) is 17.9 Å². The molecule has 0 spiro atoms. The fourth-order valence-corrected chi connectivity index (χ4v) is 4.39. The second-order valence-electron chi connectivity index (χ2n) is 8.28. The Hall–Kier alpha value is -3.26. The molecule has 2 aromatic heterocycles. The van der Waals surface area contributed by atoms with Gasteiger partial charge in [0.15, 0.2) is 0 Å². The van der Waals surface area contributed by atoms with Gasteiger partial charge in [0.2, 0.25) is 17.8 Å². The smallest absolute Gasteiger partial charge is 0.224 e. The first-order valence-corrected chi connectivity index (χ1v) is 11.5. The molecule has 9 heteroatoms. The predicted molar refractivity (Wildman–Crippen MR) is 130 cm³/mol. The first kappa shape index (κ1) is 22.9. The van der Waals surface area contributed by atoms with Crippen molar-refractivity contribution >= 4 is 29.4 Å². The number of nitrogens with zero attached hydrogens (tertiary/aromatic N) is 5. The van der Waals surface area contributed by atoms with Crippen molar-refractivity contribution in [2.75, 3.05) is 24.1 Å². The quantitative estimate of drug-likeness (QED) is 0.557. The van der Waals surface area contributed by atoms with E-state index in [1.54, 1.807) is 6.20 Å². The Bertz CT molecular complexity index is 1120. The van der Waals surface area contributed by atoms with E-state index in [4.69, 9.17) is 17.3 Å². The molecule has 3 aromatic rings. The number of carbonyl (C=O) groups excluding carboxylic acids is 1. The summed E-state index contributed by atoms with van der Waals surface area (Å²) in [5.74, 6) is 0.814. The number of nitrogens with two attached hydrogens (primary N) is 1. The summed E-state index contributed by atoms with van der Waals surface area (Å²) in [6.45, 7) is 5.00. The zero-order valence-electron chi connectivity index (χ0n) is 18.9. The van der Waals surface area contributed by atoms with Gasteiger partial charge in [-0.15, -0.1) is 0 Å². The molecule has 1 atom stereocenters. The van der Waals surface area contributed by atoms with Gasteiger partial charge in [0.1, 0.15) is 0 Å². The monoisotopic (exact) mass is 465 g/mol. The minimum absolute atomic E-state index is 0.0656. The molecule has 1 saturated heterocycles. The largest absolute Gasteiger partial charge is 0.368 e. The maximum atomic E-state index is 13.2. The van der Waals surface area contributed by atoms with Crippen LogP contribution in [-0.4, -0.2) is 43.8 Å². The highest BCUT2D eigenvalue weighted by molar-refractivity contribution is 6.30. The topological polar surface area (TPSA) is 110 Å². The zero-order valence-corrected chi connectivity index (χ0v) is 19.6. The summed E-state index contributed by atoms with van der Waals surface area (Å²) in [6.07, 6.45) is 4.89. The van der Waals surface area contributed by atoms with Crippen molar-refractivity contribution in [3.05, 3.63) is 58.6 Å². The molecule has 3 heterocycles. The summed E-state index contributed by atoms with van der Waals surface area (Å²) in [5, 5.41) is 3.83. The zero-order chi connectivity index (χ0) is 23.4. The summed E-state index contributed by atoms with van der Waals surface area (Å²) in [5.41, 5.74) is 10.3. The van der Waals surface area contributed by atoms with Gasteiger partial charge in [0.05, 0.1) is 11.7 Å². The van der Waals surface area contributed by atoms with E-state index in [9.17, 15) is 4.79 Å². The van der Waals surface area contributed by atoms with Crippen LogP contribution >= 0.6 is 11.6 Å². The Balaban J connectivity index is 1.53. The first-order valence-electron chi connectivity index (χ1n) is 11.1. The van der Waals surface area contributed by atoms with Crippen LogP contribution in [0.25, 0.3) is 11.1 Å². The number of hydrogen-bond acceptors (Lipinski definition) is 7. The lowest BCUT2D eigenvalue weighted by atomic mass is 9.93. The Labute approximate surface area is 198 Å². The lowest BCUT2D eigenvalue weighted by Gasteiger charge is -2.36. The average Bonchev–Trinajstić information content (AvgIpc) is 2.79. The van der Waals surface area contributed by atoms with E-state index in [0.717, 1.165) is 47.5 Å². The lowest BCUT2D eigenvalue weighted by molar-refractivity contribution is -0.134. The van der Waals surface area contributed by atoms with E-state index in [2.05, 4.69) is 25.3 Å². The molecule has 33 heavy (non-hydrogen) atoms. The molecule has 1 aliphatic rings. The van der Waals surface area contributed by atoms with E-state index in [0.29, 0.717) is 30.5 Å². The van der Waals surface area contributed by atoms with Gasteiger partial charge in [-0.1, -0.05) is 23.7 Å². The molecule has 0 unspecified atom stereocenters. The molecule has 1 fully saturated rings. The summed E-state index contributed by atoms with van der Waals surface area (Å²) >= 11 is 6.07. The van der Waals surface area contributed by atoms with Gasteiger partial charge < -0.3 is 16.0 Å². The maximum Gasteiger partial charge on any atom is 0.224 e. The van der Waals surface area contributed by atoms with Gasteiger partial charge in [-0.05, 0) is 56.9 Å². The van der Waals surface area contributed by atoms with Gasteiger partial charge in [0.25, 0.3) is 0 Å². The number of benzene rings is 1. The molecule has 0 radical (unpaired) electrons. The lowest BCUT2D eigenvalue weighted by Crippen LogP contribution is -2.40. The number of nitrogens with one attached hydrogen (secondary N) is 1. The van der Waals surface area contributed by atoms with Crippen LogP contribution in [0.5, 0.6) is 0 Å². The molecule has 0 bridgehead atoms. The first-order chi connectivity index (χ1) is 15.9. The van der Waals surface area contributed by atoms with Crippen LogP contribution in [-0.2, 0) is 4.79 Å². The van der Waals surface area contributed by atoms with E-state index >= 15 is 0 Å². The number of rotatable bonds is 6. The molecule has 4 rings (SSSR count). The molecular formula is C24H28ClN7O. The number of piperidine rings is 1. The van der Waals surface area contributed by atoms with E-state index in [1.165, 1.54) is 0 Å². The molecular weight excluding hydrogens is 438 g/mol. The summed E-state index contributed by atoms with van der Waals surface area (Å²) in [4.78, 5) is 32.7. The van der Waals surface area contributed by atoms with Crippen LogP contribution in [0, 0.1) is 13.8 Å². The van der Waals surface area contributed by atoms with Gasteiger partial charge in [-0.25, -0.2) is 19.9 Å². The molecule has 8 nitrogen and oxygen atoms in total. The number of carbonyl (C=O) groups is 1. The van der Waals surface area contributed by atoms with Gasteiger partial charge in [0, 0.05) is 47.7 Å². The van der Waals surface area contributed by atoms with Crippen LogP contribution in [0.1, 0.15) is 48.8 Å². The second kappa shape index (κ2) is 10.1. The SMILES string of the molecule is Cc1cc(C)nc(NCCC(=O)N2CCCC[C@@H]2c2nc(N)ncc2-c2ccc(Cl)cc2)n1. The Morgan fingerprint density at radius 1 is 1.15 bits per heavy atom. The van der Waals surface area contributed by atoms with Crippen molar-refractivity contribution in [2.24, 2.45) is 0 Å². The number of amides is 1. The standard InChI is InChI=1S/C24H28ClN7O/c1-15-13-16(2)30-24(29-15)27-11-10-21(33)32-12-4-3-5-20(32)22-19(14-28-23(26)31-22)17-6-8-18(25)9-7-17/h6-9,13-14,20H,3-5,10-12H2,1-2H3,(H2,26,28,31)(H,27,29,30)/t20-/m1/s1. The molecule has 172 valence electrons. The summed E-state index contributed by atoms with van der Waals surface area (Å²) in [6, 6.07) is 9.30. The minimum Gasteiger partial charge on any atom is -0.368 e. The fraction of sp³-hybridized carbons (Fsp3) is 0.375.